The Morgan fingerprint density at radius 1 is 1.14 bits per heavy atom. The standard InChI is InChI=1S/C15H23NO5/c1-11(2)12-3-5-13(6-4-12)21-7-14(20)16-15(8-17,9-18)10-19/h3-6,11,17-19H,7-10H2,1-2H3,(H,16,20). The number of amides is 1. The van der Waals surface area contributed by atoms with E-state index >= 15 is 0 Å². The number of aliphatic hydroxyl groups excluding tert-OH is 3. The molecule has 0 saturated carbocycles. The van der Waals surface area contributed by atoms with Crippen molar-refractivity contribution < 1.29 is 24.9 Å². The summed E-state index contributed by atoms with van der Waals surface area (Å²) in [6, 6.07) is 7.41. The first kappa shape index (κ1) is 17.4. The molecule has 0 aliphatic rings. The summed E-state index contributed by atoms with van der Waals surface area (Å²) in [5, 5.41) is 29.7. The van der Waals surface area contributed by atoms with Crippen molar-refractivity contribution in [2.75, 3.05) is 26.4 Å². The molecule has 6 heteroatoms. The Hall–Kier alpha value is -1.63. The summed E-state index contributed by atoms with van der Waals surface area (Å²) in [4.78, 5) is 11.7. The fraction of sp³-hybridized carbons (Fsp3) is 0.533. The summed E-state index contributed by atoms with van der Waals surface area (Å²) in [5.41, 5.74) is -0.256. The lowest BCUT2D eigenvalue weighted by Crippen LogP contribution is -2.58. The van der Waals surface area contributed by atoms with E-state index in [1.165, 1.54) is 5.56 Å². The normalized spacial score (nSPS) is 11.5. The average molecular weight is 297 g/mol. The number of carbonyl (C=O) groups excluding carboxylic acids is 1. The van der Waals surface area contributed by atoms with Crippen LogP contribution in [0.4, 0.5) is 0 Å². The fourth-order valence-corrected chi connectivity index (χ4v) is 1.70. The summed E-state index contributed by atoms with van der Waals surface area (Å²) >= 11 is 0. The molecule has 0 atom stereocenters. The molecule has 0 spiro atoms. The van der Waals surface area contributed by atoms with Crippen molar-refractivity contribution in [1.82, 2.24) is 5.32 Å². The molecular weight excluding hydrogens is 274 g/mol. The Kier molecular flexibility index (Phi) is 6.61. The molecule has 118 valence electrons. The van der Waals surface area contributed by atoms with Crippen molar-refractivity contribution >= 4 is 5.91 Å². The highest BCUT2D eigenvalue weighted by atomic mass is 16.5. The molecule has 0 aromatic heterocycles. The first-order valence-electron chi connectivity index (χ1n) is 6.82. The highest BCUT2D eigenvalue weighted by Crippen LogP contribution is 2.18. The maximum atomic E-state index is 11.7. The maximum absolute atomic E-state index is 11.7. The van der Waals surface area contributed by atoms with E-state index in [2.05, 4.69) is 19.2 Å². The zero-order chi connectivity index (χ0) is 15.9. The molecule has 4 N–H and O–H groups in total. The van der Waals surface area contributed by atoms with Crippen molar-refractivity contribution in [2.24, 2.45) is 0 Å². The highest BCUT2D eigenvalue weighted by molar-refractivity contribution is 5.78. The number of nitrogens with one attached hydrogen (secondary N) is 1. The van der Waals surface area contributed by atoms with Gasteiger partial charge in [0.1, 0.15) is 11.3 Å². The molecule has 0 aliphatic carbocycles. The molecule has 0 radical (unpaired) electrons. The molecule has 1 aromatic rings. The Labute approximate surface area is 124 Å². The van der Waals surface area contributed by atoms with Crippen LogP contribution < -0.4 is 10.1 Å². The monoisotopic (exact) mass is 297 g/mol. The molecule has 0 saturated heterocycles. The van der Waals surface area contributed by atoms with Gasteiger partial charge in [0.15, 0.2) is 6.61 Å². The summed E-state index contributed by atoms with van der Waals surface area (Å²) in [5.74, 6) is 0.443. The van der Waals surface area contributed by atoms with Crippen LogP contribution in [0.25, 0.3) is 0 Å². The van der Waals surface area contributed by atoms with Crippen LogP contribution in [0.1, 0.15) is 25.3 Å². The van der Waals surface area contributed by atoms with Crippen molar-refractivity contribution in [1.29, 1.82) is 0 Å². The lowest BCUT2D eigenvalue weighted by atomic mass is 10.0. The summed E-state index contributed by atoms with van der Waals surface area (Å²) in [6.45, 7) is 2.23. The van der Waals surface area contributed by atoms with Gasteiger partial charge >= 0.3 is 0 Å². The molecule has 6 nitrogen and oxygen atoms in total. The van der Waals surface area contributed by atoms with Gasteiger partial charge in [-0.15, -0.1) is 0 Å². The van der Waals surface area contributed by atoms with E-state index in [-0.39, 0.29) is 6.61 Å². The molecule has 0 aliphatic heterocycles. The third-order valence-corrected chi connectivity index (χ3v) is 3.23. The van der Waals surface area contributed by atoms with Crippen molar-refractivity contribution in [2.45, 2.75) is 25.3 Å². The van der Waals surface area contributed by atoms with Crippen LogP contribution in [0.3, 0.4) is 0 Å². The number of ether oxygens (including phenoxy) is 1. The number of rotatable bonds is 8. The molecule has 21 heavy (non-hydrogen) atoms. The van der Waals surface area contributed by atoms with Gasteiger partial charge in [-0.3, -0.25) is 4.79 Å². The van der Waals surface area contributed by atoms with E-state index in [0.29, 0.717) is 11.7 Å². The third-order valence-electron chi connectivity index (χ3n) is 3.23. The zero-order valence-electron chi connectivity index (χ0n) is 12.4. The minimum Gasteiger partial charge on any atom is -0.484 e. The first-order valence-corrected chi connectivity index (χ1v) is 6.82. The maximum Gasteiger partial charge on any atom is 0.258 e. The van der Waals surface area contributed by atoms with Gasteiger partial charge in [-0.2, -0.15) is 0 Å². The second-order valence-electron chi connectivity index (χ2n) is 5.32. The van der Waals surface area contributed by atoms with E-state index < -0.39 is 31.3 Å². The van der Waals surface area contributed by atoms with Crippen LogP contribution in [-0.2, 0) is 4.79 Å². The fourth-order valence-electron chi connectivity index (χ4n) is 1.70. The lowest BCUT2D eigenvalue weighted by Gasteiger charge is -2.28. The smallest absolute Gasteiger partial charge is 0.258 e. The predicted molar refractivity (Wildman–Crippen MR) is 78.2 cm³/mol. The Morgan fingerprint density at radius 2 is 1.67 bits per heavy atom. The van der Waals surface area contributed by atoms with Gasteiger partial charge in [-0.05, 0) is 23.6 Å². The second-order valence-corrected chi connectivity index (χ2v) is 5.32. The van der Waals surface area contributed by atoms with Gasteiger partial charge in [-0.25, -0.2) is 0 Å². The minimum absolute atomic E-state index is 0.261. The predicted octanol–water partition coefficient (Wildman–Crippen LogP) is 0.0207. The summed E-state index contributed by atoms with van der Waals surface area (Å²) in [6.07, 6.45) is 0. The topological polar surface area (TPSA) is 99.0 Å². The van der Waals surface area contributed by atoms with Crippen LogP contribution in [0.2, 0.25) is 0 Å². The molecule has 1 aromatic carbocycles. The molecule has 0 fully saturated rings. The van der Waals surface area contributed by atoms with Crippen LogP contribution in [0, 0.1) is 0 Å². The number of hydrogen-bond acceptors (Lipinski definition) is 5. The molecule has 0 heterocycles. The quantitative estimate of drug-likeness (QED) is 0.542. The van der Waals surface area contributed by atoms with Crippen LogP contribution in [0.15, 0.2) is 24.3 Å². The first-order chi connectivity index (χ1) is 9.96. The zero-order valence-corrected chi connectivity index (χ0v) is 12.4. The van der Waals surface area contributed by atoms with E-state index in [0.717, 1.165) is 0 Å². The summed E-state index contributed by atoms with van der Waals surface area (Å²) in [7, 11) is 0. The Balaban J connectivity index is 2.53. The average Bonchev–Trinajstić information content (AvgIpc) is 2.51. The van der Waals surface area contributed by atoms with Crippen LogP contribution in [0.5, 0.6) is 5.75 Å². The SMILES string of the molecule is CC(C)c1ccc(OCC(=O)NC(CO)(CO)CO)cc1. The molecule has 0 bridgehead atoms. The lowest BCUT2D eigenvalue weighted by molar-refractivity contribution is -0.127. The van der Waals surface area contributed by atoms with Crippen LogP contribution >= 0.6 is 0 Å². The molecule has 1 rings (SSSR count). The Morgan fingerprint density at radius 3 is 2.10 bits per heavy atom. The van der Waals surface area contributed by atoms with E-state index in [1.54, 1.807) is 12.1 Å². The summed E-state index contributed by atoms with van der Waals surface area (Å²) < 4.78 is 5.32. The Bertz CT molecular complexity index is 432. The van der Waals surface area contributed by atoms with E-state index in [4.69, 9.17) is 20.1 Å². The number of hydrogen-bond donors (Lipinski definition) is 4. The van der Waals surface area contributed by atoms with Gasteiger partial charge in [0, 0.05) is 0 Å². The highest BCUT2D eigenvalue weighted by Gasteiger charge is 2.29. The number of benzene rings is 1. The minimum atomic E-state index is -1.43. The van der Waals surface area contributed by atoms with Gasteiger partial charge in [0.05, 0.1) is 19.8 Å². The molecule has 1 amide bonds. The molecule has 0 unspecified atom stereocenters. The largest absolute Gasteiger partial charge is 0.484 e. The van der Waals surface area contributed by atoms with Gasteiger partial charge < -0.3 is 25.4 Å². The molecular formula is C15H23NO5. The second kappa shape index (κ2) is 7.97. The van der Waals surface area contributed by atoms with E-state index in [9.17, 15) is 4.79 Å². The van der Waals surface area contributed by atoms with Gasteiger partial charge in [-0.1, -0.05) is 26.0 Å². The number of carbonyl (C=O) groups is 1. The number of aliphatic hydroxyl groups is 3. The van der Waals surface area contributed by atoms with Crippen molar-refractivity contribution in [3.8, 4) is 5.75 Å². The van der Waals surface area contributed by atoms with Gasteiger partial charge in [0.25, 0.3) is 5.91 Å². The third kappa shape index (κ3) is 5.00. The van der Waals surface area contributed by atoms with Crippen molar-refractivity contribution in [3.63, 3.8) is 0 Å². The van der Waals surface area contributed by atoms with Crippen molar-refractivity contribution in [3.05, 3.63) is 29.8 Å². The van der Waals surface area contributed by atoms with Gasteiger partial charge in [0.2, 0.25) is 0 Å². The van der Waals surface area contributed by atoms with Crippen LogP contribution in [-0.4, -0.2) is 53.2 Å². The van der Waals surface area contributed by atoms with E-state index in [1.807, 2.05) is 12.1 Å².